The van der Waals surface area contributed by atoms with E-state index in [0.29, 0.717) is 6.61 Å². The Kier molecular flexibility index (Phi) is 5.47. The Balaban J connectivity index is 1.42. The summed E-state index contributed by atoms with van der Waals surface area (Å²) in [5.41, 5.74) is 3.19. The zero-order valence-electron chi connectivity index (χ0n) is 15.6. The summed E-state index contributed by atoms with van der Waals surface area (Å²) in [6.07, 6.45) is 4.04. The Hall–Kier alpha value is -2.29. The first-order valence-corrected chi connectivity index (χ1v) is 10.1. The van der Waals surface area contributed by atoms with Gasteiger partial charge in [-0.3, -0.25) is 9.58 Å². The molecule has 0 amide bonds. The van der Waals surface area contributed by atoms with E-state index in [2.05, 4.69) is 33.4 Å². The van der Waals surface area contributed by atoms with Crippen LogP contribution in [-0.2, 0) is 17.8 Å². The molecule has 1 N–H and O–H groups in total. The first-order valence-electron chi connectivity index (χ1n) is 9.21. The van der Waals surface area contributed by atoms with Crippen molar-refractivity contribution in [1.82, 2.24) is 24.6 Å². The van der Waals surface area contributed by atoms with E-state index in [9.17, 15) is 0 Å². The Morgan fingerprint density at radius 1 is 1.33 bits per heavy atom. The summed E-state index contributed by atoms with van der Waals surface area (Å²) in [4.78, 5) is 11.6. The monoisotopic (exact) mass is 384 g/mol. The molecule has 0 bridgehead atoms. The average molecular weight is 385 g/mol. The van der Waals surface area contributed by atoms with E-state index in [0.717, 1.165) is 48.5 Å². The molecular weight excluding hydrogens is 360 g/mol. The minimum atomic E-state index is -0.0280. The van der Waals surface area contributed by atoms with Gasteiger partial charge < -0.3 is 10.1 Å². The van der Waals surface area contributed by atoms with Crippen LogP contribution in [0.25, 0.3) is 0 Å². The van der Waals surface area contributed by atoms with E-state index < -0.39 is 0 Å². The second-order valence-electron chi connectivity index (χ2n) is 6.67. The third-order valence-corrected chi connectivity index (χ3v) is 5.40. The van der Waals surface area contributed by atoms with Gasteiger partial charge in [-0.05, 0) is 26.0 Å². The molecule has 0 aliphatic carbocycles. The van der Waals surface area contributed by atoms with Gasteiger partial charge in [0.15, 0.2) is 5.13 Å². The first kappa shape index (κ1) is 18.1. The highest BCUT2D eigenvalue weighted by atomic mass is 32.1. The quantitative estimate of drug-likeness (QED) is 0.703. The fourth-order valence-corrected chi connectivity index (χ4v) is 3.86. The number of thiazole rings is 1. The maximum Gasteiger partial charge on any atom is 0.188 e. The summed E-state index contributed by atoms with van der Waals surface area (Å²) >= 11 is 1.58. The van der Waals surface area contributed by atoms with Gasteiger partial charge in [0.25, 0.3) is 0 Å². The summed E-state index contributed by atoms with van der Waals surface area (Å²) in [5.74, 6) is 0.798. The normalized spacial score (nSPS) is 17.9. The Labute approximate surface area is 163 Å². The number of nitrogens with zero attached hydrogens (tertiary/aromatic N) is 5. The van der Waals surface area contributed by atoms with Crippen LogP contribution in [0, 0.1) is 6.92 Å². The number of aryl methyl sites for hydroxylation is 2. The smallest absolute Gasteiger partial charge is 0.188 e. The maximum absolute atomic E-state index is 6.00. The van der Waals surface area contributed by atoms with Crippen LogP contribution >= 0.6 is 11.3 Å². The lowest BCUT2D eigenvalue weighted by atomic mass is 10.1. The molecule has 3 aromatic rings. The van der Waals surface area contributed by atoms with Crippen molar-refractivity contribution in [2.75, 3.05) is 25.0 Å². The predicted molar refractivity (Wildman–Crippen MR) is 106 cm³/mol. The average Bonchev–Trinajstić information content (AvgIpc) is 3.31. The van der Waals surface area contributed by atoms with Gasteiger partial charge in [0.2, 0.25) is 0 Å². The lowest BCUT2D eigenvalue weighted by Crippen LogP contribution is -2.38. The molecular formula is C19H24N6OS. The van der Waals surface area contributed by atoms with Crippen LogP contribution in [0.5, 0.6) is 0 Å². The molecule has 0 aromatic carbocycles. The van der Waals surface area contributed by atoms with Crippen LogP contribution in [0.4, 0.5) is 10.9 Å². The standard InChI is InChI=1S/C19H24N6OS/c1-3-25-11-15(9-20-25)10-24-7-8-26-17(12-24)16-5-4-6-18(22-16)23-19-21-14(2)13-27-19/h4-6,9,11,13,17H,3,7-8,10,12H2,1-2H3,(H,21,22,23)/t17-/m0/s1. The molecule has 0 radical (unpaired) electrons. The zero-order valence-corrected chi connectivity index (χ0v) is 16.4. The molecule has 1 saturated heterocycles. The molecule has 7 nitrogen and oxygen atoms in total. The van der Waals surface area contributed by atoms with Crippen molar-refractivity contribution < 1.29 is 4.74 Å². The fraction of sp³-hybridized carbons (Fsp3) is 0.421. The van der Waals surface area contributed by atoms with Gasteiger partial charge in [-0.2, -0.15) is 5.10 Å². The number of morpholine rings is 1. The molecule has 4 rings (SSSR count). The van der Waals surface area contributed by atoms with Crippen LogP contribution in [0.3, 0.4) is 0 Å². The van der Waals surface area contributed by atoms with Crippen LogP contribution in [0.1, 0.15) is 30.0 Å². The molecule has 3 aromatic heterocycles. The van der Waals surface area contributed by atoms with E-state index >= 15 is 0 Å². The summed E-state index contributed by atoms with van der Waals surface area (Å²) in [6, 6.07) is 6.00. The predicted octanol–water partition coefficient (Wildman–Crippen LogP) is 3.38. The van der Waals surface area contributed by atoms with Crippen LogP contribution in [-0.4, -0.2) is 44.3 Å². The van der Waals surface area contributed by atoms with E-state index in [1.54, 1.807) is 11.3 Å². The molecule has 142 valence electrons. The molecule has 1 aliphatic heterocycles. The maximum atomic E-state index is 6.00. The molecule has 0 spiro atoms. The SMILES string of the molecule is CCn1cc(CN2CCO[C@H](c3cccc(Nc4nc(C)cs4)n3)C2)cn1. The number of anilines is 2. The van der Waals surface area contributed by atoms with Crippen molar-refractivity contribution in [3.8, 4) is 0 Å². The summed E-state index contributed by atoms with van der Waals surface area (Å²) < 4.78 is 7.96. The van der Waals surface area contributed by atoms with Crippen LogP contribution in [0.2, 0.25) is 0 Å². The summed E-state index contributed by atoms with van der Waals surface area (Å²) in [5, 5.41) is 10.5. The minimum absolute atomic E-state index is 0.0280. The molecule has 1 atom stereocenters. The molecule has 27 heavy (non-hydrogen) atoms. The Bertz CT molecular complexity index is 892. The van der Waals surface area contributed by atoms with Gasteiger partial charge in [-0.1, -0.05) is 6.07 Å². The third kappa shape index (κ3) is 4.52. The second kappa shape index (κ2) is 8.16. The lowest BCUT2D eigenvalue weighted by molar-refractivity contribution is -0.0349. The minimum Gasteiger partial charge on any atom is -0.369 e. The molecule has 0 saturated carbocycles. The number of hydrogen-bond acceptors (Lipinski definition) is 7. The highest BCUT2D eigenvalue weighted by molar-refractivity contribution is 7.13. The number of ether oxygens (including phenoxy) is 1. The summed E-state index contributed by atoms with van der Waals surface area (Å²) in [7, 11) is 0. The van der Waals surface area contributed by atoms with Crippen molar-refractivity contribution in [3.63, 3.8) is 0 Å². The van der Waals surface area contributed by atoms with Gasteiger partial charge in [0.1, 0.15) is 11.9 Å². The van der Waals surface area contributed by atoms with Crippen molar-refractivity contribution in [2.45, 2.75) is 33.0 Å². The largest absolute Gasteiger partial charge is 0.369 e. The van der Waals surface area contributed by atoms with Crippen molar-refractivity contribution in [1.29, 1.82) is 0 Å². The van der Waals surface area contributed by atoms with Gasteiger partial charge in [0.05, 0.1) is 24.2 Å². The third-order valence-electron chi connectivity index (χ3n) is 4.52. The Morgan fingerprint density at radius 3 is 3.04 bits per heavy atom. The van der Waals surface area contributed by atoms with E-state index in [1.807, 2.05) is 41.4 Å². The molecule has 8 heteroatoms. The molecule has 1 fully saturated rings. The van der Waals surface area contributed by atoms with E-state index in [4.69, 9.17) is 9.72 Å². The second-order valence-corrected chi connectivity index (χ2v) is 7.52. The van der Waals surface area contributed by atoms with Gasteiger partial charge >= 0.3 is 0 Å². The Morgan fingerprint density at radius 2 is 2.26 bits per heavy atom. The van der Waals surface area contributed by atoms with Crippen molar-refractivity contribution in [3.05, 3.63) is 52.9 Å². The summed E-state index contributed by atoms with van der Waals surface area (Å²) in [6.45, 7) is 8.32. The first-order chi connectivity index (χ1) is 13.2. The highest BCUT2D eigenvalue weighted by Crippen LogP contribution is 2.25. The number of aromatic nitrogens is 4. The lowest BCUT2D eigenvalue weighted by Gasteiger charge is -2.32. The molecule has 0 unspecified atom stereocenters. The number of pyridine rings is 1. The zero-order chi connectivity index (χ0) is 18.6. The van der Waals surface area contributed by atoms with Crippen molar-refractivity contribution >= 4 is 22.3 Å². The van der Waals surface area contributed by atoms with Gasteiger partial charge in [0, 0.05) is 43.3 Å². The fourth-order valence-electron chi connectivity index (χ4n) is 3.17. The van der Waals surface area contributed by atoms with E-state index in [1.165, 1.54) is 5.56 Å². The molecule has 1 aliphatic rings. The number of hydrogen-bond donors (Lipinski definition) is 1. The van der Waals surface area contributed by atoms with Crippen LogP contribution in [0.15, 0.2) is 36.0 Å². The number of rotatable bonds is 6. The highest BCUT2D eigenvalue weighted by Gasteiger charge is 2.23. The van der Waals surface area contributed by atoms with E-state index in [-0.39, 0.29) is 6.10 Å². The van der Waals surface area contributed by atoms with Gasteiger partial charge in [-0.15, -0.1) is 11.3 Å². The number of nitrogens with one attached hydrogen (secondary N) is 1. The topological polar surface area (TPSA) is 68.1 Å². The van der Waals surface area contributed by atoms with Crippen LogP contribution < -0.4 is 5.32 Å². The molecule has 4 heterocycles. The van der Waals surface area contributed by atoms with Crippen molar-refractivity contribution in [2.24, 2.45) is 0 Å². The van der Waals surface area contributed by atoms with Gasteiger partial charge in [-0.25, -0.2) is 9.97 Å².